The number of carbonyl (C=O) groups is 1. The van der Waals surface area contributed by atoms with E-state index in [1.807, 2.05) is 51.1 Å². The molecule has 23 heavy (non-hydrogen) atoms. The van der Waals surface area contributed by atoms with E-state index in [1.54, 1.807) is 0 Å². The molecule has 128 valence electrons. The average molecular weight is 320 g/mol. The highest BCUT2D eigenvalue weighted by Crippen LogP contribution is 2.49. The molecule has 1 amide bonds. The van der Waals surface area contributed by atoms with Gasteiger partial charge in [-0.25, -0.2) is 0 Å². The van der Waals surface area contributed by atoms with Gasteiger partial charge in [-0.05, 0) is 25.5 Å². The quantitative estimate of drug-likeness (QED) is 0.720. The summed E-state index contributed by atoms with van der Waals surface area (Å²) in [6, 6.07) is 9.64. The second-order valence-corrected chi connectivity index (χ2v) is 6.61. The molecule has 2 unspecified atom stereocenters. The van der Waals surface area contributed by atoms with E-state index in [1.165, 1.54) is 0 Å². The second-order valence-electron chi connectivity index (χ2n) is 6.61. The molecule has 1 aromatic carbocycles. The molecule has 1 saturated carbocycles. The molecule has 0 aromatic heterocycles. The van der Waals surface area contributed by atoms with Gasteiger partial charge >= 0.3 is 0 Å². The third-order valence-corrected chi connectivity index (χ3v) is 4.85. The fourth-order valence-corrected chi connectivity index (χ4v) is 2.96. The van der Waals surface area contributed by atoms with Gasteiger partial charge in [0.2, 0.25) is 5.91 Å². The summed E-state index contributed by atoms with van der Waals surface area (Å²) in [7, 11) is 0. The molecule has 1 aromatic rings. The Kier molecular flexibility index (Phi) is 5.65. The minimum Gasteiger partial charge on any atom is -0.494 e. The van der Waals surface area contributed by atoms with E-state index >= 15 is 0 Å². The maximum Gasteiger partial charge on any atom is 0.240 e. The first-order chi connectivity index (χ1) is 10.9. The summed E-state index contributed by atoms with van der Waals surface area (Å²) in [6.45, 7) is 7.71. The number of nitrogens with two attached hydrogens (primary N) is 1. The van der Waals surface area contributed by atoms with Gasteiger partial charge in [-0.15, -0.1) is 0 Å². The van der Waals surface area contributed by atoms with E-state index in [-0.39, 0.29) is 17.4 Å². The van der Waals surface area contributed by atoms with Crippen LogP contribution in [0.5, 0.6) is 5.75 Å². The third-order valence-electron chi connectivity index (χ3n) is 4.85. The lowest BCUT2D eigenvalue weighted by Gasteiger charge is -2.57. The first-order valence-electron chi connectivity index (χ1n) is 8.28. The molecule has 0 heterocycles. The zero-order valence-corrected chi connectivity index (χ0v) is 14.3. The predicted octanol–water partition coefficient (Wildman–Crippen LogP) is 2.10. The number of amides is 1. The second kappa shape index (κ2) is 7.32. The SMILES string of the molecule is CCOC1CC(N)(C(=O)NCCCOc2ccccc2)C1(C)C. The van der Waals surface area contributed by atoms with E-state index in [0.717, 1.165) is 12.2 Å². The van der Waals surface area contributed by atoms with Gasteiger partial charge in [0.25, 0.3) is 0 Å². The minimum absolute atomic E-state index is 0.0460. The van der Waals surface area contributed by atoms with E-state index < -0.39 is 5.54 Å². The summed E-state index contributed by atoms with van der Waals surface area (Å²) in [6.07, 6.45) is 1.36. The van der Waals surface area contributed by atoms with Crippen molar-refractivity contribution in [2.45, 2.75) is 45.3 Å². The first kappa shape index (κ1) is 17.8. The highest BCUT2D eigenvalue weighted by atomic mass is 16.5. The fourth-order valence-electron chi connectivity index (χ4n) is 2.96. The van der Waals surface area contributed by atoms with Crippen molar-refractivity contribution in [3.05, 3.63) is 30.3 Å². The molecule has 1 aliphatic carbocycles. The predicted molar refractivity (Wildman–Crippen MR) is 90.3 cm³/mol. The lowest BCUT2D eigenvalue weighted by Crippen LogP contribution is -2.75. The first-order valence-corrected chi connectivity index (χ1v) is 8.28. The Morgan fingerprint density at radius 2 is 2.04 bits per heavy atom. The van der Waals surface area contributed by atoms with Gasteiger partial charge in [0.1, 0.15) is 11.3 Å². The molecule has 0 spiro atoms. The van der Waals surface area contributed by atoms with Crippen molar-refractivity contribution >= 4 is 5.91 Å². The van der Waals surface area contributed by atoms with E-state index in [4.69, 9.17) is 15.2 Å². The van der Waals surface area contributed by atoms with Crippen molar-refractivity contribution in [3.63, 3.8) is 0 Å². The van der Waals surface area contributed by atoms with E-state index in [2.05, 4.69) is 5.32 Å². The van der Waals surface area contributed by atoms with Crippen LogP contribution in [0.4, 0.5) is 0 Å². The summed E-state index contributed by atoms with van der Waals surface area (Å²) < 4.78 is 11.3. The summed E-state index contributed by atoms with van der Waals surface area (Å²) in [4.78, 5) is 12.4. The largest absolute Gasteiger partial charge is 0.494 e. The summed E-state index contributed by atoms with van der Waals surface area (Å²) in [5.74, 6) is 0.743. The molecule has 1 fully saturated rings. The Morgan fingerprint density at radius 1 is 1.35 bits per heavy atom. The molecular formula is C18H28N2O3. The average Bonchev–Trinajstić information content (AvgIpc) is 2.55. The smallest absolute Gasteiger partial charge is 0.240 e. The van der Waals surface area contributed by atoms with E-state index in [0.29, 0.717) is 26.2 Å². The molecular weight excluding hydrogens is 292 g/mol. The Hall–Kier alpha value is -1.59. The van der Waals surface area contributed by atoms with Crippen LogP contribution in [-0.4, -0.2) is 37.3 Å². The number of para-hydroxylation sites is 1. The van der Waals surface area contributed by atoms with Gasteiger partial charge in [-0.1, -0.05) is 32.0 Å². The number of rotatable bonds is 8. The minimum atomic E-state index is -0.854. The van der Waals surface area contributed by atoms with Gasteiger partial charge in [0.05, 0.1) is 12.7 Å². The van der Waals surface area contributed by atoms with Crippen LogP contribution in [0.3, 0.4) is 0 Å². The fraction of sp³-hybridized carbons (Fsp3) is 0.611. The maximum absolute atomic E-state index is 12.4. The Morgan fingerprint density at radius 3 is 2.65 bits per heavy atom. The van der Waals surface area contributed by atoms with Crippen molar-refractivity contribution in [1.82, 2.24) is 5.32 Å². The normalized spacial score (nSPS) is 25.5. The van der Waals surface area contributed by atoms with Gasteiger partial charge < -0.3 is 20.5 Å². The van der Waals surface area contributed by atoms with Crippen molar-refractivity contribution in [2.24, 2.45) is 11.1 Å². The van der Waals surface area contributed by atoms with Crippen molar-refractivity contribution in [3.8, 4) is 5.75 Å². The lowest BCUT2D eigenvalue weighted by atomic mass is 9.54. The van der Waals surface area contributed by atoms with Crippen molar-refractivity contribution in [1.29, 1.82) is 0 Å². The van der Waals surface area contributed by atoms with Crippen molar-refractivity contribution < 1.29 is 14.3 Å². The van der Waals surface area contributed by atoms with E-state index in [9.17, 15) is 4.79 Å². The molecule has 5 heteroatoms. The molecule has 2 rings (SSSR count). The van der Waals surface area contributed by atoms with Crippen molar-refractivity contribution in [2.75, 3.05) is 19.8 Å². The number of nitrogens with one attached hydrogen (secondary N) is 1. The van der Waals surface area contributed by atoms with Crippen LogP contribution < -0.4 is 15.8 Å². The Bertz CT molecular complexity index is 518. The monoisotopic (exact) mass is 320 g/mol. The maximum atomic E-state index is 12.4. The number of hydrogen-bond acceptors (Lipinski definition) is 4. The van der Waals surface area contributed by atoms with Crippen LogP contribution in [0.2, 0.25) is 0 Å². The van der Waals surface area contributed by atoms with Gasteiger partial charge in [0, 0.05) is 25.0 Å². The zero-order valence-electron chi connectivity index (χ0n) is 14.3. The van der Waals surface area contributed by atoms with Crippen LogP contribution in [0.25, 0.3) is 0 Å². The molecule has 1 aliphatic rings. The highest BCUT2D eigenvalue weighted by molar-refractivity contribution is 5.88. The molecule has 0 aliphatic heterocycles. The number of ether oxygens (including phenoxy) is 2. The molecule has 0 radical (unpaired) electrons. The van der Waals surface area contributed by atoms with Gasteiger partial charge in [-0.2, -0.15) is 0 Å². The molecule has 2 atom stereocenters. The summed E-state index contributed by atoms with van der Waals surface area (Å²) in [5, 5.41) is 2.93. The number of benzene rings is 1. The summed E-state index contributed by atoms with van der Waals surface area (Å²) in [5.41, 5.74) is 5.12. The lowest BCUT2D eigenvalue weighted by molar-refractivity contribution is -0.170. The summed E-state index contributed by atoms with van der Waals surface area (Å²) >= 11 is 0. The topological polar surface area (TPSA) is 73.6 Å². The van der Waals surface area contributed by atoms with Crippen LogP contribution in [0, 0.1) is 5.41 Å². The molecule has 3 N–H and O–H groups in total. The van der Waals surface area contributed by atoms with Crippen LogP contribution in [0.1, 0.15) is 33.6 Å². The molecule has 0 bridgehead atoms. The Balaban J connectivity index is 1.71. The Labute approximate surface area is 138 Å². The van der Waals surface area contributed by atoms with Gasteiger partial charge in [0.15, 0.2) is 0 Å². The molecule has 5 nitrogen and oxygen atoms in total. The van der Waals surface area contributed by atoms with Crippen LogP contribution in [0.15, 0.2) is 30.3 Å². The standard InChI is InChI=1S/C18H28N2O3/c1-4-22-15-13-18(19,17(15,2)3)16(21)20-11-8-12-23-14-9-6-5-7-10-14/h5-7,9-10,15H,4,8,11-13,19H2,1-3H3,(H,20,21). The molecule has 0 saturated heterocycles. The van der Waals surface area contributed by atoms with Crippen LogP contribution >= 0.6 is 0 Å². The highest BCUT2D eigenvalue weighted by Gasteiger charge is 2.62. The van der Waals surface area contributed by atoms with Gasteiger partial charge in [-0.3, -0.25) is 4.79 Å². The zero-order chi connectivity index (χ0) is 16.9. The number of hydrogen-bond donors (Lipinski definition) is 2. The third kappa shape index (κ3) is 3.67. The van der Waals surface area contributed by atoms with Crippen LogP contribution in [-0.2, 0) is 9.53 Å². The number of carbonyl (C=O) groups excluding carboxylic acids is 1.